The summed E-state index contributed by atoms with van der Waals surface area (Å²) in [6, 6.07) is 10.2. The van der Waals surface area contributed by atoms with Gasteiger partial charge in [0.05, 0.1) is 26.4 Å². The maximum Gasteiger partial charge on any atom is 0.319 e. The van der Waals surface area contributed by atoms with E-state index in [1.54, 1.807) is 6.20 Å². The third-order valence-electron chi connectivity index (χ3n) is 2.70. The highest BCUT2D eigenvalue weighted by molar-refractivity contribution is 5.71. The first-order valence-corrected chi connectivity index (χ1v) is 6.10. The zero-order valence-corrected chi connectivity index (χ0v) is 10.9. The van der Waals surface area contributed by atoms with Gasteiger partial charge in [-0.2, -0.15) is 5.10 Å². The molecule has 1 aromatic heterocycles. The molecular weight excluding hydrogens is 242 g/mol. The number of esters is 1. The van der Waals surface area contributed by atoms with Gasteiger partial charge < -0.3 is 10.1 Å². The van der Waals surface area contributed by atoms with Crippen molar-refractivity contribution in [1.29, 1.82) is 0 Å². The van der Waals surface area contributed by atoms with Gasteiger partial charge in [-0.3, -0.25) is 9.48 Å². The molecule has 0 aliphatic rings. The van der Waals surface area contributed by atoms with Crippen LogP contribution in [0.2, 0.25) is 0 Å². The van der Waals surface area contributed by atoms with Crippen molar-refractivity contribution in [3.8, 4) is 0 Å². The van der Waals surface area contributed by atoms with Gasteiger partial charge in [0.25, 0.3) is 0 Å². The van der Waals surface area contributed by atoms with Crippen LogP contribution in [0.1, 0.15) is 11.1 Å². The van der Waals surface area contributed by atoms with Gasteiger partial charge in [-0.1, -0.05) is 30.3 Å². The molecule has 100 valence electrons. The second kappa shape index (κ2) is 6.70. The number of nitrogens with one attached hydrogen (secondary N) is 1. The van der Waals surface area contributed by atoms with Crippen LogP contribution in [0.5, 0.6) is 0 Å². The summed E-state index contributed by atoms with van der Waals surface area (Å²) < 4.78 is 6.43. The van der Waals surface area contributed by atoms with Gasteiger partial charge >= 0.3 is 5.97 Å². The molecule has 1 N–H and O–H groups in total. The lowest BCUT2D eigenvalue weighted by Gasteiger charge is -2.02. The molecule has 1 heterocycles. The van der Waals surface area contributed by atoms with Crippen LogP contribution in [0.3, 0.4) is 0 Å². The second-order valence-corrected chi connectivity index (χ2v) is 4.21. The van der Waals surface area contributed by atoms with E-state index in [1.165, 1.54) is 12.7 Å². The topological polar surface area (TPSA) is 56.1 Å². The lowest BCUT2D eigenvalue weighted by molar-refractivity contribution is -0.139. The van der Waals surface area contributed by atoms with E-state index in [2.05, 4.69) is 27.3 Å². The molecule has 0 amide bonds. The lowest BCUT2D eigenvalue weighted by Crippen LogP contribution is -2.23. The highest BCUT2D eigenvalue weighted by Crippen LogP contribution is 2.03. The monoisotopic (exact) mass is 259 g/mol. The number of aromatic nitrogens is 2. The number of ether oxygens (including phenoxy) is 1. The molecular formula is C14H17N3O2. The van der Waals surface area contributed by atoms with Crippen molar-refractivity contribution in [2.75, 3.05) is 13.7 Å². The summed E-state index contributed by atoms with van der Waals surface area (Å²) in [5.41, 5.74) is 2.25. The molecule has 19 heavy (non-hydrogen) atoms. The standard InChI is InChI=1S/C14H17N3O2/c1-19-14(18)9-15-7-13-8-16-17(11-13)10-12-5-3-2-4-6-12/h2-6,8,11,15H,7,9-10H2,1H3. The Morgan fingerprint density at radius 3 is 2.84 bits per heavy atom. The number of carbonyl (C=O) groups is 1. The molecule has 0 aliphatic carbocycles. The predicted octanol–water partition coefficient (Wildman–Crippen LogP) is 1.19. The summed E-state index contributed by atoms with van der Waals surface area (Å²) in [5, 5.41) is 7.29. The Morgan fingerprint density at radius 1 is 1.32 bits per heavy atom. The molecule has 0 spiro atoms. The van der Waals surface area contributed by atoms with Crippen molar-refractivity contribution in [2.45, 2.75) is 13.1 Å². The number of rotatable bonds is 6. The molecule has 0 unspecified atom stereocenters. The smallest absolute Gasteiger partial charge is 0.319 e. The first-order valence-electron chi connectivity index (χ1n) is 6.10. The summed E-state index contributed by atoms with van der Waals surface area (Å²) in [5.74, 6) is -0.267. The SMILES string of the molecule is COC(=O)CNCc1cnn(Cc2ccccc2)c1. The zero-order valence-electron chi connectivity index (χ0n) is 10.9. The first kappa shape index (κ1) is 13.3. The fourth-order valence-corrected chi connectivity index (χ4v) is 1.74. The van der Waals surface area contributed by atoms with Gasteiger partial charge in [-0.25, -0.2) is 0 Å². The van der Waals surface area contributed by atoms with E-state index in [9.17, 15) is 4.79 Å². The van der Waals surface area contributed by atoms with Crippen LogP contribution in [0.25, 0.3) is 0 Å². The number of hydrogen-bond acceptors (Lipinski definition) is 4. The van der Waals surface area contributed by atoms with E-state index in [1.807, 2.05) is 29.1 Å². The molecule has 1 aromatic carbocycles. The molecule has 0 radical (unpaired) electrons. The second-order valence-electron chi connectivity index (χ2n) is 4.21. The quantitative estimate of drug-likeness (QED) is 0.792. The van der Waals surface area contributed by atoms with Gasteiger partial charge in [0.15, 0.2) is 0 Å². The number of methoxy groups -OCH3 is 1. The van der Waals surface area contributed by atoms with E-state index < -0.39 is 0 Å². The number of hydrogen-bond donors (Lipinski definition) is 1. The third-order valence-corrected chi connectivity index (χ3v) is 2.70. The van der Waals surface area contributed by atoms with E-state index in [0.29, 0.717) is 6.54 Å². The fourth-order valence-electron chi connectivity index (χ4n) is 1.74. The number of carbonyl (C=O) groups excluding carboxylic acids is 1. The summed E-state index contributed by atoms with van der Waals surface area (Å²) in [4.78, 5) is 10.9. The molecule has 0 fully saturated rings. The third kappa shape index (κ3) is 4.22. The lowest BCUT2D eigenvalue weighted by atomic mass is 10.2. The van der Waals surface area contributed by atoms with Crippen LogP contribution in [-0.4, -0.2) is 29.4 Å². The molecule has 0 saturated heterocycles. The maximum absolute atomic E-state index is 10.9. The van der Waals surface area contributed by atoms with Gasteiger partial charge in [0.2, 0.25) is 0 Å². The largest absolute Gasteiger partial charge is 0.468 e. The Bertz CT molecular complexity index is 522. The van der Waals surface area contributed by atoms with Gasteiger partial charge in [-0.15, -0.1) is 0 Å². The Morgan fingerprint density at radius 2 is 2.11 bits per heavy atom. The van der Waals surface area contributed by atoms with Crippen molar-refractivity contribution in [1.82, 2.24) is 15.1 Å². The van der Waals surface area contributed by atoms with E-state index >= 15 is 0 Å². The molecule has 0 saturated carbocycles. The van der Waals surface area contributed by atoms with Crippen LogP contribution in [0.15, 0.2) is 42.7 Å². The van der Waals surface area contributed by atoms with Crippen LogP contribution in [0, 0.1) is 0 Å². The first-order chi connectivity index (χ1) is 9.28. The molecule has 5 nitrogen and oxygen atoms in total. The average molecular weight is 259 g/mol. The molecule has 0 bridgehead atoms. The fraction of sp³-hybridized carbons (Fsp3) is 0.286. The van der Waals surface area contributed by atoms with Crippen molar-refractivity contribution in [3.63, 3.8) is 0 Å². The zero-order chi connectivity index (χ0) is 13.5. The van der Waals surface area contributed by atoms with Crippen molar-refractivity contribution in [2.24, 2.45) is 0 Å². The molecule has 2 rings (SSSR count). The summed E-state index contributed by atoms with van der Waals surface area (Å²) >= 11 is 0. The summed E-state index contributed by atoms with van der Waals surface area (Å²) in [7, 11) is 1.38. The number of benzene rings is 1. The predicted molar refractivity (Wildman–Crippen MR) is 71.5 cm³/mol. The molecule has 2 aromatic rings. The minimum atomic E-state index is -0.267. The van der Waals surface area contributed by atoms with Gasteiger partial charge in [0.1, 0.15) is 0 Å². The Labute approximate surface area is 112 Å². The Balaban J connectivity index is 1.84. The van der Waals surface area contributed by atoms with E-state index in [0.717, 1.165) is 12.1 Å². The maximum atomic E-state index is 10.9. The molecule has 5 heteroatoms. The van der Waals surface area contributed by atoms with Crippen molar-refractivity contribution < 1.29 is 9.53 Å². The highest BCUT2D eigenvalue weighted by Gasteiger charge is 2.02. The molecule has 0 atom stereocenters. The van der Waals surface area contributed by atoms with Crippen LogP contribution >= 0.6 is 0 Å². The normalized spacial score (nSPS) is 10.4. The Kier molecular flexibility index (Phi) is 4.69. The van der Waals surface area contributed by atoms with E-state index in [-0.39, 0.29) is 12.5 Å². The Hall–Kier alpha value is -2.14. The highest BCUT2D eigenvalue weighted by atomic mass is 16.5. The summed E-state index contributed by atoms with van der Waals surface area (Å²) in [6.07, 6.45) is 3.77. The van der Waals surface area contributed by atoms with Crippen molar-refractivity contribution >= 4 is 5.97 Å². The average Bonchev–Trinajstić information content (AvgIpc) is 2.87. The van der Waals surface area contributed by atoms with Crippen LogP contribution in [-0.2, 0) is 22.6 Å². The van der Waals surface area contributed by atoms with Gasteiger partial charge in [-0.05, 0) is 5.56 Å². The van der Waals surface area contributed by atoms with Gasteiger partial charge in [0, 0.05) is 18.3 Å². The number of nitrogens with zero attached hydrogens (tertiary/aromatic N) is 2. The molecule has 0 aliphatic heterocycles. The van der Waals surface area contributed by atoms with E-state index in [4.69, 9.17) is 0 Å². The summed E-state index contributed by atoms with van der Waals surface area (Å²) in [6.45, 7) is 1.56. The van der Waals surface area contributed by atoms with Crippen LogP contribution in [0.4, 0.5) is 0 Å². The minimum Gasteiger partial charge on any atom is -0.468 e. The minimum absolute atomic E-state index is 0.209. The van der Waals surface area contributed by atoms with Crippen molar-refractivity contribution in [3.05, 3.63) is 53.9 Å². The van der Waals surface area contributed by atoms with Crippen LogP contribution < -0.4 is 5.32 Å².